The summed E-state index contributed by atoms with van der Waals surface area (Å²) in [5, 5.41) is 0. The summed E-state index contributed by atoms with van der Waals surface area (Å²) in [7, 11) is 0. The molecular weight excluding hydrogens is 342 g/mol. The average molecular weight is 378 g/mol. The van der Waals surface area contributed by atoms with Crippen LogP contribution >= 0.6 is 0 Å². The summed E-state index contributed by atoms with van der Waals surface area (Å²) in [5.74, 6) is -0.447. The second-order valence-corrected chi connectivity index (χ2v) is 6.61. The fraction of sp³-hybridized carbons (Fsp3) is 0.269. The molecule has 0 bridgehead atoms. The van der Waals surface area contributed by atoms with Crippen LogP contribution in [0.5, 0.6) is 0 Å². The zero-order valence-corrected chi connectivity index (χ0v) is 18.0. The SMILES string of the molecule is C=C/C(=C\C=C(C)C)C(N)=O.CCc1ccc(C)cc1.CCc1ccccc1. The molecule has 0 aliphatic rings. The molecule has 0 atom stereocenters. The smallest absolute Gasteiger partial charge is 0.248 e. The van der Waals surface area contributed by atoms with E-state index in [9.17, 15) is 4.79 Å². The van der Waals surface area contributed by atoms with E-state index in [1.54, 1.807) is 6.08 Å². The van der Waals surface area contributed by atoms with E-state index < -0.39 is 5.91 Å². The Morgan fingerprint density at radius 3 is 1.75 bits per heavy atom. The Kier molecular flexibility index (Phi) is 13.7. The van der Waals surface area contributed by atoms with Crippen molar-refractivity contribution in [1.82, 2.24) is 0 Å². The van der Waals surface area contributed by atoms with Gasteiger partial charge in [0.25, 0.3) is 0 Å². The van der Waals surface area contributed by atoms with Crippen molar-refractivity contribution in [3.8, 4) is 0 Å². The monoisotopic (exact) mass is 377 g/mol. The molecule has 2 heteroatoms. The standard InChI is InChI=1S/C9H13NO.C9H12.C8H10/c1-4-8(9(10)11)6-5-7(2)3;1-3-9-6-4-8(2)5-7-9;1-2-8-6-4-3-5-7-8/h4-6H,1H2,2-3H3,(H2,10,11);4-7H,3H2,1-2H3;3-7H,2H2,1H3/b8-6+;;. The maximum Gasteiger partial charge on any atom is 0.248 e. The van der Waals surface area contributed by atoms with Gasteiger partial charge in [0.15, 0.2) is 0 Å². The summed E-state index contributed by atoms with van der Waals surface area (Å²) in [6.45, 7) is 13.8. The van der Waals surface area contributed by atoms with Gasteiger partial charge in [-0.1, -0.05) is 98.3 Å². The lowest BCUT2D eigenvalue weighted by Gasteiger charge is -1.94. The van der Waals surface area contributed by atoms with Crippen LogP contribution in [-0.4, -0.2) is 5.91 Å². The molecule has 28 heavy (non-hydrogen) atoms. The van der Waals surface area contributed by atoms with Crippen molar-refractivity contribution in [2.75, 3.05) is 0 Å². The molecule has 0 saturated heterocycles. The maximum atomic E-state index is 10.6. The molecular formula is C26H35NO. The van der Waals surface area contributed by atoms with Gasteiger partial charge in [0.1, 0.15) is 0 Å². The van der Waals surface area contributed by atoms with Crippen molar-refractivity contribution in [3.63, 3.8) is 0 Å². The van der Waals surface area contributed by atoms with Crippen LogP contribution in [0.25, 0.3) is 0 Å². The summed E-state index contributed by atoms with van der Waals surface area (Å²) >= 11 is 0. The van der Waals surface area contributed by atoms with Crippen molar-refractivity contribution in [3.05, 3.63) is 107 Å². The van der Waals surface area contributed by atoms with Gasteiger partial charge < -0.3 is 5.73 Å². The van der Waals surface area contributed by atoms with Crippen LogP contribution in [0.1, 0.15) is 44.4 Å². The van der Waals surface area contributed by atoms with Crippen LogP contribution in [0, 0.1) is 6.92 Å². The van der Waals surface area contributed by atoms with Crippen LogP contribution in [0.3, 0.4) is 0 Å². The number of hydrogen-bond acceptors (Lipinski definition) is 1. The first-order valence-corrected chi connectivity index (χ1v) is 9.70. The van der Waals surface area contributed by atoms with E-state index in [1.165, 1.54) is 22.8 Å². The first kappa shape index (κ1) is 25.1. The van der Waals surface area contributed by atoms with Gasteiger partial charge >= 0.3 is 0 Å². The van der Waals surface area contributed by atoms with Gasteiger partial charge in [0.05, 0.1) is 0 Å². The van der Waals surface area contributed by atoms with E-state index in [0.717, 1.165) is 18.4 Å². The lowest BCUT2D eigenvalue weighted by molar-refractivity contribution is -0.114. The minimum atomic E-state index is -0.447. The number of primary amides is 1. The fourth-order valence-electron chi connectivity index (χ4n) is 2.04. The highest BCUT2D eigenvalue weighted by atomic mass is 16.1. The quantitative estimate of drug-likeness (QED) is 0.478. The number of hydrogen-bond donors (Lipinski definition) is 1. The molecule has 0 aromatic heterocycles. The third-order valence-electron chi connectivity index (χ3n) is 3.88. The van der Waals surface area contributed by atoms with Crippen molar-refractivity contribution in [1.29, 1.82) is 0 Å². The third-order valence-corrected chi connectivity index (χ3v) is 3.88. The number of nitrogens with two attached hydrogens (primary N) is 1. The first-order chi connectivity index (χ1) is 13.3. The molecule has 1 amide bonds. The number of carbonyl (C=O) groups excluding carboxylic acids is 1. The van der Waals surface area contributed by atoms with Gasteiger partial charge in [0.2, 0.25) is 5.91 Å². The van der Waals surface area contributed by atoms with Gasteiger partial charge in [-0.15, -0.1) is 0 Å². The normalized spacial score (nSPS) is 9.82. The lowest BCUT2D eigenvalue weighted by atomic mass is 10.1. The van der Waals surface area contributed by atoms with Crippen molar-refractivity contribution in [2.45, 2.75) is 47.5 Å². The highest BCUT2D eigenvalue weighted by molar-refractivity contribution is 5.94. The summed E-state index contributed by atoms with van der Waals surface area (Å²) in [6, 6.07) is 19.1. The van der Waals surface area contributed by atoms with Crippen molar-refractivity contribution in [2.24, 2.45) is 5.73 Å². The second kappa shape index (κ2) is 15.2. The summed E-state index contributed by atoms with van der Waals surface area (Å²) in [5.41, 5.74) is 10.7. The van der Waals surface area contributed by atoms with E-state index in [4.69, 9.17) is 5.73 Å². The molecule has 2 rings (SSSR count). The van der Waals surface area contributed by atoms with Crippen LogP contribution in [-0.2, 0) is 17.6 Å². The van der Waals surface area contributed by atoms with Gasteiger partial charge in [0, 0.05) is 5.57 Å². The Morgan fingerprint density at radius 2 is 1.39 bits per heavy atom. The summed E-state index contributed by atoms with van der Waals surface area (Å²) in [6.07, 6.45) is 7.20. The molecule has 0 aliphatic carbocycles. The van der Waals surface area contributed by atoms with Gasteiger partial charge in [-0.2, -0.15) is 0 Å². The predicted molar refractivity (Wildman–Crippen MR) is 123 cm³/mol. The van der Waals surface area contributed by atoms with Crippen LogP contribution in [0.15, 0.2) is 90.6 Å². The zero-order chi connectivity index (χ0) is 21.4. The summed E-state index contributed by atoms with van der Waals surface area (Å²) < 4.78 is 0. The van der Waals surface area contributed by atoms with E-state index in [2.05, 4.69) is 75.9 Å². The molecule has 2 aromatic rings. The molecule has 0 aliphatic heterocycles. The molecule has 0 fully saturated rings. The topological polar surface area (TPSA) is 43.1 Å². The molecule has 2 aromatic carbocycles. The molecule has 150 valence electrons. The Hall–Kier alpha value is -2.87. The van der Waals surface area contributed by atoms with Gasteiger partial charge in [-0.25, -0.2) is 0 Å². The fourth-order valence-corrected chi connectivity index (χ4v) is 2.04. The molecule has 2 N–H and O–H groups in total. The van der Waals surface area contributed by atoms with E-state index in [1.807, 2.05) is 26.0 Å². The number of rotatable bonds is 5. The number of aryl methyl sites for hydroxylation is 3. The molecule has 0 unspecified atom stereocenters. The van der Waals surface area contributed by atoms with Crippen molar-refractivity contribution < 1.29 is 4.79 Å². The zero-order valence-electron chi connectivity index (χ0n) is 18.0. The van der Waals surface area contributed by atoms with Crippen LogP contribution in [0.4, 0.5) is 0 Å². The molecule has 0 saturated carbocycles. The predicted octanol–water partition coefficient (Wildman–Crippen LogP) is 6.36. The van der Waals surface area contributed by atoms with E-state index in [-0.39, 0.29) is 0 Å². The average Bonchev–Trinajstić information content (AvgIpc) is 2.70. The number of allylic oxidation sites excluding steroid dienone is 3. The molecule has 0 radical (unpaired) electrons. The minimum Gasteiger partial charge on any atom is -0.366 e. The third kappa shape index (κ3) is 12.5. The largest absolute Gasteiger partial charge is 0.366 e. The van der Waals surface area contributed by atoms with E-state index in [0.29, 0.717) is 5.57 Å². The van der Waals surface area contributed by atoms with Crippen molar-refractivity contribution >= 4 is 5.91 Å². The highest BCUT2D eigenvalue weighted by Gasteiger charge is 1.95. The Balaban J connectivity index is 0.000000395. The van der Waals surface area contributed by atoms with Gasteiger partial charge in [-0.3, -0.25) is 4.79 Å². The molecule has 0 spiro atoms. The molecule has 2 nitrogen and oxygen atoms in total. The lowest BCUT2D eigenvalue weighted by Crippen LogP contribution is -2.11. The number of carbonyl (C=O) groups is 1. The van der Waals surface area contributed by atoms with Crippen LogP contribution < -0.4 is 5.73 Å². The van der Waals surface area contributed by atoms with Gasteiger partial charge in [-0.05, 0) is 50.8 Å². The van der Waals surface area contributed by atoms with E-state index >= 15 is 0 Å². The Labute approximate surface area is 171 Å². The first-order valence-electron chi connectivity index (χ1n) is 9.70. The highest BCUT2D eigenvalue weighted by Crippen LogP contribution is 2.02. The van der Waals surface area contributed by atoms with Crippen LogP contribution in [0.2, 0.25) is 0 Å². The molecule has 0 heterocycles. The Bertz CT molecular complexity index is 749. The minimum absolute atomic E-state index is 0.436. The summed E-state index contributed by atoms with van der Waals surface area (Å²) in [4.78, 5) is 10.6. The maximum absolute atomic E-state index is 10.6. The number of amides is 1. The Morgan fingerprint density at radius 1 is 0.893 bits per heavy atom. The number of benzene rings is 2. The second-order valence-electron chi connectivity index (χ2n) is 6.61.